The Hall–Kier alpha value is -3.03. The summed E-state index contributed by atoms with van der Waals surface area (Å²) in [5.41, 5.74) is 8.65. The molecule has 0 saturated carbocycles. The number of aryl methyl sites for hydroxylation is 1. The van der Waals surface area contributed by atoms with Crippen LogP contribution >= 0.6 is 0 Å². The van der Waals surface area contributed by atoms with Crippen LogP contribution in [0.2, 0.25) is 0 Å². The van der Waals surface area contributed by atoms with Gasteiger partial charge >= 0.3 is 5.97 Å². The number of rotatable bonds is 21. The van der Waals surface area contributed by atoms with Crippen molar-refractivity contribution in [2.24, 2.45) is 0 Å². The predicted molar refractivity (Wildman–Crippen MR) is 151 cm³/mol. The zero-order chi connectivity index (χ0) is 29.2. The molecule has 12 heteroatoms. The summed E-state index contributed by atoms with van der Waals surface area (Å²) in [6, 6.07) is 5.00. The lowest BCUT2D eigenvalue weighted by atomic mass is 10.0. The number of nitrogens with zero attached hydrogens (tertiary/aromatic N) is 2. The molecule has 0 saturated heterocycles. The SMILES string of the molecule is CCC[C@@H](CO)Nc1nc(N)nc(C)c1Cc1ccc(C(=O)OCCOCCOCCOCCOC)cc1OC. The first-order valence-corrected chi connectivity index (χ1v) is 13.5. The number of aromatic nitrogens is 2. The molecule has 0 aliphatic rings. The number of carbonyl (C=O) groups excluding carboxylic acids is 1. The maximum atomic E-state index is 12.6. The minimum atomic E-state index is -0.474. The standard InChI is InChI=1S/C28H44N4O8/c1-5-6-23(19-33)31-26-24(20(2)30-28(29)32-26)17-21-7-8-22(18-25(21)36-4)27(34)40-16-15-39-14-13-38-12-11-37-10-9-35-3/h7-8,18,23,33H,5-6,9-17,19H2,1-4H3,(H3,29,30,31,32)/t23-/m0/s1. The summed E-state index contributed by atoms with van der Waals surface area (Å²) in [6.45, 7) is 7.14. The number of esters is 1. The third kappa shape index (κ3) is 11.6. The molecule has 2 rings (SSSR count). The average molecular weight is 565 g/mol. The van der Waals surface area contributed by atoms with E-state index in [1.165, 1.54) is 0 Å². The first kappa shape index (κ1) is 33.2. The molecule has 0 radical (unpaired) electrons. The monoisotopic (exact) mass is 564 g/mol. The number of hydrogen-bond acceptors (Lipinski definition) is 12. The van der Waals surface area contributed by atoms with Crippen LogP contribution in [0.25, 0.3) is 0 Å². The van der Waals surface area contributed by atoms with Crippen molar-refractivity contribution in [3.63, 3.8) is 0 Å². The van der Waals surface area contributed by atoms with Crippen molar-refractivity contribution in [2.75, 3.05) is 84.7 Å². The molecule has 4 N–H and O–H groups in total. The Balaban J connectivity index is 1.89. The number of nitrogen functional groups attached to an aromatic ring is 1. The van der Waals surface area contributed by atoms with Gasteiger partial charge in [-0.1, -0.05) is 19.4 Å². The van der Waals surface area contributed by atoms with Gasteiger partial charge in [0.15, 0.2) is 0 Å². The van der Waals surface area contributed by atoms with E-state index in [4.69, 9.17) is 34.2 Å². The molecule has 224 valence electrons. The number of methoxy groups -OCH3 is 2. The number of hydrogen-bond donors (Lipinski definition) is 3. The van der Waals surface area contributed by atoms with E-state index < -0.39 is 5.97 Å². The van der Waals surface area contributed by atoms with E-state index in [2.05, 4.69) is 22.2 Å². The summed E-state index contributed by atoms with van der Waals surface area (Å²) >= 11 is 0. The number of aliphatic hydroxyl groups excluding tert-OH is 1. The van der Waals surface area contributed by atoms with Crippen LogP contribution in [-0.2, 0) is 30.1 Å². The molecule has 1 aromatic heterocycles. The summed E-state index contributed by atoms with van der Waals surface area (Å²) in [5.74, 6) is 0.784. The molecule has 0 amide bonds. The number of benzene rings is 1. The summed E-state index contributed by atoms with van der Waals surface area (Å²) in [6.07, 6.45) is 2.13. The van der Waals surface area contributed by atoms with Gasteiger partial charge in [-0.25, -0.2) is 9.78 Å². The Morgan fingerprint density at radius 1 is 1.00 bits per heavy atom. The number of anilines is 2. The van der Waals surface area contributed by atoms with Crippen LogP contribution in [-0.4, -0.2) is 101 Å². The van der Waals surface area contributed by atoms with Gasteiger partial charge in [0, 0.05) is 24.8 Å². The van der Waals surface area contributed by atoms with E-state index in [0.717, 1.165) is 29.7 Å². The van der Waals surface area contributed by atoms with E-state index in [9.17, 15) is 9.90 Å². The Morgan fingerprint density at radius 3 is 2.25 bits per heavy atom. The van der Waals surface area contributed by atoms with Crippen LogP contribution in [0.1, 0.15) is 46.9 Å². The van der Waals surface area contributed by atoms with E-state index in [0.29, 0.717) is 63.2 Å². The Morgan fingerprint density at radius 2 is 1.65 bits per heavy atom. The van der Waals surface area contributed by atoms with Crippen LogP contribution in [0.15, 0.2) is 18.2 Å². The lowest BCUT2D eigenvalue weighted by Gasteiger charge is -2.20. The van der Waals surface area contributed by atoms with Crippen molar-refractivity contribution in [1.29, 1.82) is 0 Å². The molecule has 0 spiro atoms. The van der Waals surface area contributed by atoms with E-state index in [1.807, 2.05) is 13.0 Å². The molecule has 40 heavy (non-hydrogen) atoms. The number of aliphatic hydroxyl groups is 1. The maximum Gasteiger partial charge on any atom is 0.338 e. The van der Waals surface area contributed by atoms with Gasteiger partial charge in [-0.15, -0.1) is 0 Å². The van der Waals surface area contributed by atoms with Crippen LogP contribution < -0.4 is 15.8 Å². The second-order valence-electron chi connectivity index (χ2n) is 8.98. The fourth-order valence-electron chi connectivity index (χ4n) is 3.87. The second kappa shape index (κ2) is 19.1. The van der Waals surface area contributed by atoms with Gasteiger partial charge in [0.2, 0.25) is 5.95 Å². The first-order valence-electron chi connectivity index (χ1n) is 13.5. The third-order valence-electron chi connectivity index (χ3n) is 5.96. The van der Waals surface area contributed by atoms with Crippen LogP contribution in [0, 0.1) is 6.92 Å². The van der Waals surface area contributed by atoms with Crippen LogP contribution in [0.3, 0.4) is 0 Å². The van der Waals surface area contributed by atoms with E-state index in [-0.39, 0.29) is 31.8 Å². The zero-order valence-corrected chi connectivity index (χ0v) is 24.1. The fourth-order valence-corrected chi connectivity index (χ4v) is 3.87. The topological polar surface area (TPSA) is 157 Å². The van der Waals surface area contributed by atoms with Gasteiger partial charge in [0.05, 0.1) is 71.6 Å². The smallest absolute Gasteiger partial charge is 0.338 e. The molecule has 1 aromatic carbocycles. The van der Waals surface area contributed by atoms with Crippen molar-refractivity contribution >= 4 is 17.7 Å². The van der Waals surface area contributed by atoms with Crippen molar-refractivity contribution in [3.8, 4) is 5.75 Å². The van der Waals surface area contributed by atoms with E-state index >= 15 is 0 Å². The lowest BCUT2D eigenvalue weighted by molar-refractivity contribution is -0.00551. The zero-order valence-electron chi connectivity index (χ0n) is 24.1. The van der Waals surface area contributed by atoms with Crippen molar-refractivity contribution in [3.05, 3.63) is 40.6 Å². The lowest BCUT2D eigenvalue weighted by Crippen LogP contribution is -2.25. The molecule has 0 unspecified atom stereocenters. The minimum absolute atomic E-state index is 0.0275. The van der Waals surface area contributed by atoms with Gasteiger partial charge < -0.3 is 44.6 Å². The van der Waals surface area contributed by atoms with Crippen molar-refractivity contribution in [1.82, 2.24) is 9.97 Å². The molecular formula is C28H44N4O8. The predicted octanol–water partition coefficient (Wildman–Crippen LogP) is 2.39. The molecule has 1 atom stereocenters. The molecule has 12 nitrogen and oxygen atoms in total. The van der Waals surface area contributed by atoms with Gasteiger partial charge in [-0.2, -0.15) is 4.98 Å². The van der Waals surface area contributed by atoms with Gasteiger partial charge in [-0.05, 0) is 31.0 Å². The highest BCUT2D eigenvalue weighted by Crippen LogP contribution is 2.28. The highest BCUT2D eigenvalue weighted by molar-refractivity contribution is 5.90. The Kier molecular flexibility index (Phi) is 15.9. The minimum Gasteiger partial charge on any atom is -0.496 e. The van der Waals surface area contributed by atoms with Crippen molar-refractivity contribution in [2.45, 2.75) is 39.2 Å². The summed E-state index contributed by atoms with van der Waals surface area (Å²) in [4.78, 5) is 21.3. The molecule has 0 aliphatic heterocycles. The largest absolute Gasteiger partial charge is 0.496 e. The number of nitrogens with one attached hydrogen (secondary N) is 1. The number of ether oxygens (including phenoxy) is 6. The normalized spacial score (nSPS) is 11.8. The highest BCUT2D eigenvalue weighted by atomic mass is 16.6. The Bertz CT molecular complexity index is 1020. The number of nitrogens with two attached hydrogens (primary N) is 1. The van der Waals surface area contributed by atoms with Crippen LogP contribution in [0.4, 0.5) is 11.8 Å². The van der Waals surface area contributed by atoms with Gasteiger partial charge in [0.1, 0.15) is 18.2 Å². The second-order valence-corrected chi connectivity index (χ2v) is 8.98. The molecule has 0 aliphatic carbocycles. The van der Waals surface area contributed by atoms with Crippen LogP contribution in [0.5, 0.6) is 5.75 Å². The number of carbonyl (C=O) groups is 1. The fraction of sp³-hybridized carbons (Fsp3) is 0.607. The van der Waals surface area contributed by atoms with Gasteiger partial charge in [0.25, 0.3) is 0 Å². The molecule has 0 fully saturated rings. The third-order valence-corrected chi connectivity index (χ3v) is 5.96. The molecule has 1 heterocycles. The quantitative estimate of drug-likeness (QED) is 0.150. The molecule has 2 aromatic rings. The average Bonchev–Trinajstić information content (AvgIpc) is 2.95. The summed E-state index contributed by atoms with van der Waals surface area (Å²) < 4.78 is 32.0. The van der Waals surface area contributed by atoms with Gasteiger partial charge in [-0.3, -0.25) is 0 Å². The summed E-state index contributed by atoms with van der Waals surface area (Å²) in [5, 5.41) is 13.0. The molecular weight excluding hydrogens is 520 g/mol. The van der Waals surface area contributed by atoms with E-state index in [1.54, 1.807) is 26.4 Å². The maximum absolute atomic E-state index is 12.6. The summed E-state index contributed by atoms with van der Waals surface area (Å²) in [7, 11) is 3.17. The molecule has 0 bridgehead atoms. The first-order chi connectivity index (χ1) is 19.4. The Labute approximate surface area is 236 Å². The highest BCUT2D eigenvalue weighted by Gasteiger charge is 2.18. The van der Waals surface area contributed by atoms with Crippen molar-refractivity contribution < 1.29 is 38.3 Å².